The molecule has 0 aromatic carbocycles. The lowest BCUT2D eigenvalue weighted by Crippen LogP contribution is -2.30. The maximum absolute atomic E-state index is 11.4. The van der Waals surface area contributed by atoms with E-state index in [1.165, 1.54) is 4.90 Å². The van der Waals surface area contributed by atoms with Crippen LogP contribution >= 0.6 is 0 Å². The highest BCUT2D eigenvalue weighted by Gasteiger charge is 2.30. The van der Waals surface area contributed by atoms with Gasteiger partial charge in [0.25, 0.3) is 0 Å². The van der Waals surface area contributed by atoms with Crippen LogP contribution in [0.1, 0.15) is 19.3 Å². The Hall–Kier alpha value is -1.59. The molecule has 1 atom stereocenters. The average molecular weight is 215 g/mol. The number of carboxylic acid groups (broad SMARTS) is 2. The summed E-state index contributed by atoms with van der Waals surface area (Å²) < 4.78 is 0. The van der Waals surface area contributed by atoms with Gasteiger partial charge in [-0.05, 0) is 6.42 Å². The summed E-state index contributed by atoms with van der Waals surface area (Å²) in [5.41, 5.74) is 0. The van der Waals surface area contributed by atoms with E-state index in [0.717, 1.165) is 0 Å². The predicted octanol–water partition coefficient (Wildman–Crippen LogP) is -0.216. The summed E-state index contributed by atoms with van der Waals surface area (Å²) in [4.78, 5) is 33.6. The van der Waals surface area contributed by atoms with Crippen LogP contribution in [0.5, 0.6) is 0 Å². The first-order chi connectivity index (χ1) is 7.00. The fraction of sp³-hybridized carbons (Fsp3) is 0.667. The molecule has 0 aromatic rings. The first-order valence-electron chi connectivity index (χ1n) is 4.73. The Balaban J connectivity index is 2.36. The number of rotatable bonds is 4. The largest absolute Gasteiger partial charge is 0.481 e. The SMILES string of the molecule is O=C(O)CCC(=O)N1CCC(C(=O)O)C1. The number of carbonyl (C=O) groups excluding carboxylic acids is 1. The van der Waals surface area contributed by atoms with Gasteiger partial charge in [0.05, 0.1) is 12.3 Å². The van der Waals surface area contributed by atoms with Gasteiger partial charge in [-0.3, -0.25) is 14.4 Å². The summed E-state index contributed by atoms with van der Waals surface area (Å²) in [6, 6.07) is 0. The van der Waals surface area contributed by atoms with Crippen molar-refractivity contribution in [2.45, 2.75) is 19.3 Å². The molecule has 15 heavy (non-hydrogen) atoms. The van der Waals surface area contributed by atoms with E-state index in [4.69, 9.17) is 10.2 Å². The first kappa shape index (κ1) is 11.5. The van der Waals surface area contributed by atoms with Gasteiger partial charge in [-0.1, -0.05) is 0 Å². The number of nitrogens with zero attached hydrogens (tertiary/aromatic N) is 1. The van der Waals surface area contributed by atoms with Crippen LogP contribution in [0, 0.1) is 5.92 Å². The zero-order valence-corrected chi connectivity index (χ0v) is 8.18. The fourth-order valence-electron chi connectivity index (χ4n) is 1.56. The lowest BCUT2D eigenvalue weighted by atomic mass is 10.1. The van der Waals surface area contributed by atoms with Gasteiger partial charge in [0, 0.05) is 19.5 Å². The van der Waals surface area contributed by atoms with Crippen molar-refractivity contribution in [2.24, 2.45) is 5.92 Å². The fourth-order valence-corrected chi connectivity index (χ4v) is 1.56. The Kier molecular flexibility index (Phi) is 3.65. The Labute approximate surface area is 86.5 Å². The lowest BCUT2D eigenvalue weighted by molar-refractivity contribution is -0.142. The maximum Gasteiger partial charge on any atom is 0.308 e. The normalized spacial score (nSPS) is 20.3. The van der Waals surface area contributed by atoms with E-state index in [0.29, 0.717) is 13.0 Å². The zero-order chi connectivity index (χ0) is 11.4. The number of carbonyl (C=O) groups is 3. The molecular formula is C9H13NO5. The van der Waals surface area contributed by atoms with Crippen LogP contribution in [0.4, 0.5) is 0 Å². The Bertz CT molecular complexity index is 288. The second kappa shape index (κ2) is 4.77. The third-order valence-corrected chi connectivity index (χ3v) is 2.44. The highest BCUT2D eigenvalue weighted by atomic mass is 16.4. The monoisotopic (exact) mass is 215 g/mol. The molecule has 0 spiro atoms. The van der Waals surface area contributed by atoms with Gasteiger partial charge in [-0.2, -0.15) is 0 Å². The molecule has 6 heteroatoms. The number of likely N-dealkylation sites (tertiary alicyclic amines) is 1. The molecule has 0 saturated carbocycles. The topological polar surface area (TPSA) is 94.9 Å². The zero-order valence-electron chi connectivity index (χ0n) is 8.18. The molecule has 1 fully saturated rings. The van der Waals surface area contributed by atoms with Crippen molar-refractivity contribution in [2.75, 3.05) is 13.1 Å². The van der Waals surface area contributed by atoms with Crippen molar-refractivity contribution in [3.63, 3.8) is 0 Å². The van der Waals surface area contributed by atoms with Crippen molar-refractivity contribution < 1.29 is 24.6 Å². The second-order valence-electron chi connectivity index (χ2n) is 3.56. The maximum atomic E-state index is 11.4. The Morgan fingerprint density at radius 2 is 1.87 bits per heavy atom. The molecule has 1 saturated heterocycles. The van der Waals surface area contributed by atoms with Gasteiger partial charge in [-0.15, -0.1) is 0 Å². The van der Waals surface area contributed by atoms with Crippen LogP contribution in [-0.2, 0) is 14.4 Å². The number of aliphatic carboxylic acids is 2. The van der Waals surface area contributed by atoms with E-state index in [-0.39, 0.29) is 25.3 Å². The molecular weight excluding hydrogens is 202 g/mol. The molecule has 1 amide bonds. The number of amides is 1. The highest BCUT2D eigenvalue weighted by Crippen LogP contribution is 2.17. The molecule has 1 unspecified atom stereocenters. The van der Waals surface area contributed by atoms with Gasteiger partial charge in [0.2, 0.25) is 5.91 Å². The summed E-state index contributed by atoms with van der Waals surface area (Å²) in [5.74, 6) is -2.69. The summed E-state index contributed by atoms with van der Waals surface area (Å²) in [5, 5.41) is 17.1. The molecule has 0 aliphatic carbocycles. The van der Waals surface area contributed by atoms with E-state index in [9.17, 15) is 14.4 Å². The molecule has 2 N–H and O–H groups in total. The van der Waals surface area contributed by atoms with Crippen molar-refractivity contribution in [3.8, 4) is 0 Å². The van der Waals surface area contributed by atoms with Crippen LogP contribution in [0.15, 0.2) is 0 Å². The summed E-state index contributed by atoms with van der Waals surface area (Å²) in [6.45, 7) is 0.614. The molecule has 1 rings (SSSR count). The molecule has 0 bridgehead atoms. The smallest absolute Gasteiger partial charge is 0.308 e. The van der Waals surface area contributed by atoms with Crippen LogP contribution in [-0.4, -0.2) is 46.0 Å². The third kappa shape index (κ3) is 3.23. The quantitative estimate of drug-likeness (QED) is 0.676. The van der Waals surface area contributed by atoms with Crippen molar-refractivity contribution in [1.29, 1.82) is 0 Å². The number of hydrogen-bond donors (Lipinski definition) is 2. The van der Waals surface area contributed by atoms with E-state index in [1.54, 1.807) is 0 Å². The summed E-state index contributed by atoms with van der Waals surface area (Å²) in [7, 11) is 0. The number of carboxylic acids is 2. The van der Waals surface area contributed by atoms with E-state index >= 15 is 0 Å². The minimum Gasteiger partial charge on any atom is -0.481 e. The minimum atomic E-state index is -1.02. The molecule has 0 radical (unpaired) electrons. The van der Waals surface area contributed by atoms with Crippen LogP contribution in [0.25, 0.3) is 0 Å². The van der Waals surface area contributed by atoms with Crippen LogP contribution in [0.2, 0.25) is 0 Å². The predicted molar refractivity (Wildman–Crippen MR) is 49.2 cm³/mol. The highest BCUT2D eigenvalue weighted by molar-refractivity contribution is 5.82. The third-order valence-electron chi connectivity index (χ3n) is 2.44. The molecule has 1 aliphatic heterocycles. The Morgan fingerprint density at radius 3 is 2.33 bits per heavy atom. The first-order valence-corrected chi connectivity index (χ1v) is 4.73. The minimum absolute atomic E-state index is 0.0539. The van der Waals surface area contributed by atoms with Gasteiger partial charge >= 0.3 is 11.9 Å². The standard InChI is InChI=1S/C9H13NO5/c11-7(1-2-8(12)13)10-4-3-6(5-10)9(14)15/h6H,1-5H2,(H,12,13)(H,14,15). The molecule has 1 heterocycles. The summed E-state index contributed by atoms with van der Waals surface area (Å²) >= 11 is 0. The van der Waals surface area contributed by atoms with Crippen molar-refractivity contribution >= 4 is 17.8 Å². The average Bonchev–Trinajstić information content (AvgIpc) is 2.62. The van der Waals surface area contributed by atoms with Gasteiger partial charge in [0.1, 0.15) is 0 Å². The van der Waals surface area contributed by atoms with E-state index in [2.05, 4.69) is 0 Å². The van der Waals surface area contributed by atoms with E-state index < -0.39 is 17.9 Å². The molecule has 0 aromatic heterocycles. The molecule has 84 valence electrons. The van der Waals surface area contributed by atoms with Gasteiger partial charge in [0.15, 0.2) is 0 Å². The summed E-state index contributed by atoms with van der Waals surface area (Å²) in [6.07, 6.45) is 0.197. The second-order valence-corrected chi connectivity index (χ2v) is 3.56. The van der Waals surface area contributed by atoms with Crippen molar-refractivity contribution in [1.82, 2.24) is 4.90 Å². The van der Waals surface area contributed by atoms with Gasteiger partial charge in [-0.25, -0.2) is 0 Å². The van der Waals surface area contributed by atoms with E-state index in [1.807, 2.05) is 0 Å². The molecule has 1 aliphatic rings. The van der Waals surface area contributed by atoms with Crippen LogP contribution in [0.3, 0.4) is 0 Å². The van der Waals surface area contributed by atoms with Crippen LogP contribution < -0.4 is 0 Å². The Morgan fingerprint density at radius 1 is 1.20 bits per heavy atom. The van der Waals surface area contributed by atoms with Crippen molar-refractivity contribution in [3.05, 3.63) is 0 Å². The number of hydrogen-bond acceptors (Lipinski definition) is 3. The lowest BCUT2D eigenvalue weighted by Gasteiger charge is -2.14. The van der Waals surface area contributed by atoms with Gasteiger partial charge < -0.3 is 15.1 Å². The molecule has 6 nitrogen and oxygen atoms in total.